The van der Waals surface area contributed by atoms with Gasteiger partial charge in [0, 0.05) is 0 Å². The maximum absolute atomic E-state index is 12.8. The van der Waals surface area contributed by atoms with E-state index in [4.69, 9.17) is 0 Å². The molecule has 0 bridgehead atoms. The van der Waals surface area contributed by atoms with Gasteiger partial charge in [0.2, 0.25) is 0 Å². The van der Waals surface area contributed by atoms with Crippen molar-refractivity contribution in [2.75, 3.05) is 0 Å². The molecular formula is C37H48F10O2. The average Bonchev–Trinajstić information content (AvgIpc) is 3.04. The van der Waals surface area contributed by atoms with E-state index in [1.807, 2.05) is 0 Å². The molecule has 49 heavy (non-hydrogen) atoms. The molecular weight excluding hydrogens is 666 g/mol. The summed E-state index contributed by atoms with van der Waals surface area (Å²) in [7, 11) is 0. The zero-order valence-electron chi connectivity index (χ0n) is 28.1. The molecule has 2 aromatic rings. The van der Waals surface area contributed by atoms with Gasteiger partial charge in [-0.25, -0.2) is 0 Å². The van der Waals surface area contributed by atoms with E-state index in [9.17, 15) is 43.9 Å². The van der Waals surface area contributed by atoms with E-state index in [1.54, 1.807) is 24.3 Å². The molecule has 4 rings (SSSR count). The Morgan fingerprint density at radius 2 is 0.776 bits per heavy atom. The van der Waals surface area contributed by atoms with Crippen LogP contribution in [-0.4, -0.2) is 24.6 Å². The van der Waals surface area contributed by atoms with Gasteiger partial charge in [-0.2, -0.15) is 43.9 Å². The summed E-state index contributed by atoms with van der Waals surface area (Å²) in [5, 5.41) is 0. The second-order valence-corrected chi connectivity index (χ2v) is 13.6. The van der Waals surface area contributed by atoms with Crippen LogP contribution >= 0.6 is 0 Å². The molecule has 2 aliphatic carbocycles. The van der Waals surface area contributed by atoms with E-state index in [1.165, 1.54) is 94.9 Å². The Morgan fingerprint density at radius 1 is 0.469 bits per heavy atom. The predicted octanol–water partition coefficient (Wildman–Crippen LogP) is 13.1. The minimum Gasteiger partial charge on any atom is -0.426 e. The highest BCUT2D eigenvalue weighted by atomic mass is 19.4. The van der Waals surface area contributed by atoms with Crippen molar-refractivity contribution in [1.82, 2.24) is 0 Å². The van der Waals surface area contributed by atoms with Crippen molar-refractivity contribution in [3.8, 4) is 11.5 Å². The molecule has 0 aliphatic heterocycles. The quantitative estimate of drug-likeness (QED) is 0.192. The summed E-state index contributed by atoms with van der Waals surface area (Å²) in [4.78, 5) is 0. The molecule has 0 amide bonds. The zero-order chi connectivity index (χ0) is 36.3. The van der Waals surface area contributed by atoms with Crippen molar-refractivity contribution in [3.63, 3.8) is 0 Å². The van der Waals surface area contributed by atoms with Crippen LogP contribution in [0.2, 0.25) is 0 Å². The maximum atomic E-state index is 12.8. The third kappa shape index (κ3) is 13.2. The highest BCUT2D eigenvalue weighted by Gasteiger charge is 2.62. The summed E-state index contributed by atoms with van der Waals surface area (Å²) in [6.07, 6.45) is -4.39. The Balaban J connectivity index is 0.000000266. The number of halogens is 10. The number of hydrogen-bond acceptors (Lipinski definition) is 2. The van der Waals surface area contributed by atoms with Gasteiger partial charge in [-0.05, 0) is 84.7 Å². The number of ether oxygens (including phenoxy) is 2. The lowest BCUT2D eigenvalue weighted by Gasteiger charge is -2.28. The Morgan fingerprint density at radius 3 is 1.06 bits per heavy atom. The van der Waals surface area contributed by atoms with Crippen LogP contribution in [0.3, 0.4) is 0 Å². The summed E-state index contributed by atoms with van der Waals surface area (Å²) in [6, 6.07) is 10.9. The molecule has 0 heterocycles. The number of rotatable bonds is 13. The Bertz CT molecular complexity index is 1210. The normalized spacial score (nSPS) is 22.2. The summed E-state index contributed by atoms with van der Waals surface area (Å²) in [5.74, 6) is 2.09. The lowest BCUT2D eigenvalue weighted by molar-refractivity contribution is -0.360. The van der Waals surface area contributed by atoms with Crippen molar-refractivity contribution in [2.24, 2.45) is 23.7 Å². The third-order valence-corrected chi connectivity index (χ3v) is 9.89. The van der Waals surface area contributed by atoms with Crippen molar-refractivity contribution in [1.29, 1.82) is 0 Å². The van der Waals surface area contributed by atoms with E-state index in [0.29, 0.717) is 11.8 Å². The van der Waals surface area contributed by atoms with Gasteiger partial charge >= 0.3 is 24.6 Å². The largest absolute Gasteiger partial charge is 0.499 e. The molecule has 2 aromatic carbocycles. The van der Waals surface area contributed by atoms with E-state index >= 15 is 0 Å². The van der Waals surface area contributed by atoms with Gasteiger partial charge in [-0.3, -0.25) is 0 Å². The Labute approximate surface area is 282 Å². The van der Waals surface area contributed by atoms with E-state index in [0.717, 1.165) is 48.6 Å². The molecule has 0 atom stereocenters. The fourth-order valence-corrected chi connectivity index (χ4v) is 6.75. The first-order chi connectivity index (χ1) is 22.9. The molecule has 0 aromatic heterocycles. The van der Waals surface area contributed by atoms with Crippen molar-refractivity contribution in [2.45, 2.75) is 135 Å². The number of alkyl halides is 10. The average molecular weight is 715 g/mol. The smallest absolute Gasteiger partial charge is 0.426 e. The molecule has 278 valence electrons. The van der Waals surface area contributed by atoms with Crippen LogP contribution in [-0.2, 0) is 12.8 Å². The summed E-state index contributed by atoms with van der Waals surface area (Å²) in [6.45, 7) is 4.43. The van der Waals surface area contributed by atoms with Gasteiger partial charge in [0.15, 0.2) is 0 Å². The van der Waals surface area contributed by atoms with Gasteiger partial charge in [-0.1, -0.05) is 109 Å². The van der Waals surface area contributed by atoms with Crippen molar-refractivity contribution in [3.05, 3.63) is 59.7 Å². The van der Waals surface area contributed by atoms with E-state index in [2.05, 4.69) is 23.3 Å². The van der Waals surface area contributed by atoms with Crippen LogP contribution in [0, 0.1) is 23.7 Å². The zero-order valence-corrected chi connectivity index (χ0v) is 28.1. The SMILES string of the molecule is CCC1CCC(CCc2ccc(OC(F)(F)C(F)(F)F)cc2)CC1.CCCC1CCC(CCc2ccc(OC(F)(F)C(F)(F)F)cc2)CC1. The van der Waals surface area contributed by atoms with Crippen LogP contribution in [0.5, 0.6) is 11.5 Å². The summed E-state index contributed by atoms with van der Waals surface area (Å²) >= 11 is 0. The fourth-order valence-electron chi connectivity index (χ4n) is 6.75. The first-order valence-corrected chi connectivity index (χ1v) is 17.4. The topological polar surface area (TPSA) is 18.5 Å². The standard InChI is InChI=1S/C19H25F5O.C18H23F5O/c1-2-3-14-4-6-15(7-5-14)8-9-16-10-12-17(13-11-16)25-19(23,24)18(20,21)22;1-2-13-3-5-14(6-4-13)7-8-15-9-11-16(12-10-15)24-18(22,23)17(19,20)21/h10-15H,2-9H2,1H3;9-14H,2-8H2,1H3. The van der Waals surface area contributed by atoms with Crippen LogP contribution in [0.15, 0.2) is 48.5 Å². The number of aryl methyl sites for hydroxylation is 2. The first kappa shape index (κ1) is 40.8. The Hall–Kier alpha value is -2.66. The second kappa shape index (κ2) is 18.0. The third-order valence-electron chi connectivity index (χ3n) is 9.89. The molecule has 0 spiro atoms. The fraction of sp³-hybridized carbons (Fsp3) is 0.676. The van der Waals surface area contributed by atoms with Gasteiger partial charge in [0.25, 0.3) is 0 Å². The summed E-state index contributed by atoms with van der Waals surface area (Å²) < 4.78 is 132. The molecule has 2 nitrogen and oxygen atoms in total. The van der Waals surface area contributed by atoms with Crippen LogP contribution < -0.4 is 9.47 Å². The minimum absolute atomic E-state index is 0.480. The molecule has 2 fully saturated rings. The van der Waals surface area contributed by atoms with Crippen molar-refractivity contribution >= 4 is 0 Å². The highest BCUT2D eigenvalue weighted by molar-refractivity contribution is 5.28. The second-order valence-electron chi connectivity index (χ2n) is 13.6. The van der Waals surface area contributed by atoms with Gasteiger partial charge in [0.05, 0.1) is 0 Å². The van der Waals surface area contributed by atoms with E-state index in [-0.39, 0.29) is 0 Å². The number of hydrogen-bond donors (Lipinski definition) is 0. The predicted molar refractivity (Wildman–Crippen MR) is 169 cm³/mol. The molecule has 2 aliphatic rings. The first-order valence-electron chi connectivity index (χ1n) is 17.4. The van der Waals surface area contributed by atoms with Crippen LogP contribution in [0.25, 0.3) is 0 Å². The highest BCUT2D eigenvalue weighted by Crippen LogP contribution is 2.39. The van der Waals surface area contributed by atoms with Crippen molar-refractivity contribution < 1.29 is 53.4 Å². The number of benzene rings is 2. The van der Waals surface area contributed by atoms with Gasteiger partial charge < -0.3 is 9.47 Å². The Kier molecular flexibility index (Phi) is 15.0. The van der Waals surface area contributed by atoms with Crippen LogP contribution in [0.4, 0.5) is 43.9 Å². The van der Waals surface area contributed by atoms with E-state index < -0.39 is 36.1 Å². The lowest BCUT2D eigenvalue weighted by atomic mass is 9.78. The summed E-state index contributed by atoms with van der Waals surface area (Å²) in [5.41, 5.74) is 1.86. The van der Waals surface area contributed by atoms with Crippen LogP contribution in [0.1, 0.15) is 108 Å². The molecule has 2 saturated carbocycles. The molecule has 12 heteroatoms. The minimum atomic E-state index is -5.72. The van der Waals surface area contributed by atoms with Gasteiger partial charge in [0.1, 0.15) is 11.5 Å². The molecule has 0 N–H and O–H groups in total. The molecule has 0 saturated heterocycles. The van der Waals surface area contributed by atoms with Gasteiger partial charge in [-0.15, -0.1) is 0 Å². The maximum Gasteiger partial charge on any atom is 0.499 e. The molecule has 0 unspecified atom stereocenters. The molecule has 0 radical (unpaired) electrons. The lowest BCUT2D eigenvalue weighted by Crippen LogP contribution is -2.41. The monoisotopic (exact) mass is 714 g/mol.